The summed E-state index contributed by atoms with van der Waals surface area (Å²) in [5.41, 5.74) is 9.26. The molecule has 0 radical (unpaired) electrons. The van der Waals surface area contributed by atoms with Gasteiger partial charge in [-0.15, -0.1) is 0 Å². The summed E-state index contributed by atoms with van der Waals surface area (Å²) in [6, 6.07) is 31.0. The van der Waals surface area contributed by atoms with Gasteiger partial charge in [0, 0.05) is 26.3 Å². The van der Waals surface area contributed by atoms with Crippen molar-refractivity contribution in [2.45, 2.75) is 19.3 Å². The Morgan fingerprint density at radius 2 is 1.38 bits per heavy atom. The lowest BCUT2D eigenvalue weighted by atomic mass is 9.82. The molecule has 0 aliphatic heterocycles. The zero-order chi connectivity index (χ0) is 19.8. The van der Waals surface area contributed by atoms with E-state index in [9.17, 15) is 0 Å². The van der Waals surface area contributed by atoms with Crippen molar-refractivity contribution in [3.05, 3.63) is 101 Å². The van der Waals surface area contributed by atoms with Crippen LogP contribution in [0, 0.1) is 0 Å². The van der Waals surface area contributed by atoms with Crippen molar-refractivity contribution in [2.24, 2.45) is 0 Å². The molecule has 29 heavy (non-hydrogen) atoms. The molecule has 0 fully saturated rings. The Bertz CT molecular complexity index is 1440. The number of nitrogens with zero attached hydrogens (tertiary/aromatic N) is 1. The number of hydrogen-bond donors (Lipinski definition) is 0. The summed E-state index contributed by atoms with van der Waals surface area (Å²) < 4.78 is 3.50. The van der Waals surface area contributed by atoms with Crippen LogP contribution in [0.1, 0.15) is 25.0 Å². The van der Waals surface area contributed by atoms with Crippen LogP contribution >= 0.6 is 15.9 Å². The predicted octanol–water partition coefficient (Wildman–Crippen LogP) is 7.85. The number of hydrogen-bond acceptors (Lipinski definition) is 0. The molecule has 0 saturated heterocycles. The number of aromatic nitrogens is 1. The van der Waals surface area contributed by atoms with Gasteiger partial charge in [-0.25, -0.2) is 0 Å². The fourth-order valence-corrected chi connectivity index (χ4v) is 5.43. The van der Waals surface area contributed by atoms with Crippen LogP contribution in [0.2, 0.25) is 0 Å². The molecule has 0 atom stereocenters. The number of rotatable bonds is 1. The van der Waals surface area contributed by atoms with Gasteiger partial charge in [-0.2, -0.15) is 0 Å². The molecule has 6 rings (SSSR count). The highest BCUT2D eigenvalue weighted by atomic mass is 79.9. The second kappa shape index (κ2) is 5.84. The van der Waals surface area contributed by atoms with Crippen LogP contribution < -0.4 is 0 Å². The molecule has 0 spiro atoms. The summed E-state index contributed by atoms with van der Waals surface area (Å²) in [5.74, 6) is 0. The number of para-hydroxylation sites is 1. The standard InChI is InChI=1S/C27H20BrN/c1-27(2)23-9-5-3-7-19(23)21-16-18(12-13-24(21)27)29-25-10-6-4-8-20(25)22-15-17(28)11-14-26(22)29/h3-16H,1-2H3. The minimum Gasteiger partial charge on any atom is -0.309 e. The van der Waals surface area contributed by atoms with Crippen molar-refractivity contribution < 1.29 is 0 Å². The van der Waals surface area contributed by atoms with E-state index in [1.54, 1.807) is 0 Å². The third-order valence-electron chi connectivity index (χ3n) is 6.46. The smallest absolute Gasteiger partial charge is 0.0541 e. The predicted molar refractivity (Wildman–Crippen MR) is 126 cm³/mol. The van der Waals surface area contributed by atoms with E-state index in [0.29, 0.717) is 0 Å². The Hall–Kier alpha value is -2.84. The fourth-order valence-electron chi connectivity index (χ4n) is 5.07. The largest absolute Gasteiger partial charge is 0.309 e. The van der Waals surface area contributed by atoms with E-state index in [1.165, 1.54) is 49.7 Å². The van der Waals surface area contributed by atoms with E-state index >= 15 is 0 Å². The highest BCUT2D eigenvalue weighted by molar-refractivity contribution is 9.10. The highest BCUT2D eigenvalue weighted by Crippen LogP contribution is 2.49. The second-order valence-electron chi connectivity index (χ2n) is 8.41. The first-order chi connectivity index (χ1) is 14.1. The number of fused-ring (bicyclic) bond motifs is 6. The maximum Gasteiger partial charge on any atom is 0.0541 e. The molecule has 5 aromatic rings. The van der Waals surface area contributed by atoms with E-state index in [2.05, 4.69) is 119 Å². The summed E-state index contributed by atoms with van der Waals surface area (Å²) in [6.45, 7) is 4.66. The van der Waals surface area contributed by atoms with E-state index in [1.807, 2.05) is 0 Å². The second-order valence-corrected chi connectivity index (χ2v) is 9.33. The van der Waals surface area contributed by atoms with Crippen molar-refractivity contribution in [1.29, 1.82) is 0 Å². The number of halogens is 1. The zero-order valence-electron chi connectivity index (χ0n) is 16.4. The molecular weight excluding hydrogens is 418 g/mol. The topological polar surface area (TPSA) is 4.93 Å². The summed E-state index contributed by atoms with van der Waals surface area (Å²) in [5, 5.41) is 2.56. The molecule has 0 bridgehead atoms. The first-order valence-corrected chi connectivity index (χ1v) is 10.8. The van der Waals surface area contributed by atoms with Crippen molar-refractivity contribution in [3.63, 3.8) is 0 Å². The lowest BCUT2D eigenvalue weighted by Crippen LogP contribution is -2.14. The van der Waals surface area contributed by atoms with Crippen LogP contribution in [0.4, 0.5) is 0 Å². The van der Waals surface area contributed by atoms with Crippen LogP contribution in [0.15, 0.2) is 89.4 Å². The van der Waals surface area contributed by atoms with Gasteiger partial charge in [0.25, 0.3) is 0 Å². The molecule has 140 valence electrons. The molecule has 1 aromatic heterocycles. The molecule has 1 aliphatic carbocycles. The van der Waals surface area contributed by atoms with Crippen molar-refractivity contribution in [3.8, 4) is 16.8 Å². The van der Waals surface area contributed by atoms with Gasteiger partial charge in [-0.1, -0.05) is 78.3 Å². The Kier molecular flexibility index (Phi) is 3.43. The summed E-state index contributed by atoms with van der Waals surface area (Å²) >= 11 is 3.65. The first-order valence-electron chi connectivity index (χ1n) is 9.99. The van der Waals surface area contributed by atoms with Gasteiger partial charge in [0.2, 0.25) is 0 Å². The Labute approximate surface area is 178 Å². The third-order valence-corrected chi connectivity index (χ3v) is 6.95. The zero-order valence-corrected chi connectivity index (χ0v) is 18.0. The quantitative estimate of drug-likeness (QED) is 0.251. The van der Waals surface area contributed by atoms with Gasteiger partial charge < -0.3 is 4.57 Å². The van der Waals surface area contributed by atoms with E-state index in [-0.39, 0.29) is 5.41 Å². The minimum absolute atomic E-state index is 0.0378. The minimum atomic E-state index is 0.0378. The lowest BCUT2D eigenvalue weighted by molar-refractivity contribution is 0.660. The van der Waals surface area contributed by atoms with Crippen molar-refractivity contribution >= 4 is 37.7 Å². The van der Waals surface area contributed by atoms with Crippen LogP contribution in [0.25, 0.3) is 38.6 Å². The van der Waals surface area contributed by atoms with Gasteiger partial charge >= 0.3 is 0 Å². The van der Waals surface area contributed by atoms with Gasteiger partial charge in [-0.3, -0.25) is 0 Å². The van der Waals surface area contributed by atoms with Gasteiger partial charge in [0.1, 0.15) is 0 Å². The van der Waals surface area contributed by atoms with Gasteiger partial charge in [0.05, 0.1) is 11.0 Å². The molecular formula is C27H20BrN. The summed E-state index contributed by atoms with van der Waals surface area (Å²) in [4.78, 5) is 0. The molecule has 1 nitrogen and oxygen atoms in total. The average Bonchev–Trinajstić information content (AvgIpc) is 3.18. The van der Waals surface area contributed by atoms with Crippen molar-refractivity contribution in [2.75, 3.05) is 0 Å². The van der Waals surface area contributed by atoms with Gasteiger partial charge in [-0.05, 0) is 58.7 Å². The van der Waals surface area contributed by atoms with Crippen LogP contribution in [0.5, 0.6) is 0 Å². The number of benzene rings is 4. The van der Waals surface area contributed by atoms with E-state index in [0.717, 1.165) is 4.47 Å². The van der Waals surface area contributed by atoms with E-state index in [4.69, 9.17) is 0 Å². The summed E-state index contributed by atoms with van der Waals surface area (Å²) in [6.07, 6.45) is 0. The molecule has 0 saturated carbocycles. The fraction of sp³-hybridized carbons (Fsp3) is 0.111. The monoisotopic (exact) mass is 437 g/mol. The third kappa shape index (κ3) is 2.27. The normalized spacial score (nSPS) is 14.3. The molecule has 0 amide bonds. The van der Waals surface area contributed by atoms with Crippen LogP contribution in [-0.2, 0) is 5.41 Å². The molecule has 0 unspecified atom stereocenters. The Morgan fingerprint density at radius 1 is 0.655 bits per heavy atom. The average molecular weight is 438 g/mol. The lowest BCUT2D eigenvalue weighted by Gasteiger charge is -2.21. The van der Waals surface area contributed by atoms with E-state index < -0.39 is 0 Å². The first kappa shape index (κ1) is 17.1. The van der Waals surface area contributed by atoms with Crippen LogP contribution in [-0.4, -0.2) is 4.57 Å². The van der Waals surface area contributed by atoms with Crippen molar-refractivity contribution in [1.82, 2.24) is 4.57 Å². The Balaban J connectivity index is 1.69. The SMILES string of the molecule is CC1(C)c2ccccc2-c2cc(-n3c4ccccc4c4cc(Br)ccc43)ccc21. The molecule has 1 aliphatic rings. The van der Waals surface area contributed by atoms with Gasteiger partial charge in [0.15, 0.2) is 0 Å². The summed E-state index contributed by atoms with van der Waals surface area (Å²) in [7, 11) is 0. The molecule has 0 N–H and O–H groups in total. The maximum atomic E-state index is 3.65. The highest BCUT2D eigenvalue weighted by Gasteiger charge is 2.35. The molecule has 1 heterocycles. The van der Waals surface area contributed by atoms with Crippen LogP contribution in [0.3, 0.4) is 0 Å². The Morgan fingerprint density at radius 3 is 2.28 bits per heavy atom. The molecule has 2 heteroatoms. The maximum absolute atomic E-state index is 3.65. The molecule has 4 aromatic carbocycles.